The largest absolute Gasteiger partial charge is 0.741 e. The molecule has 2 fully saturated rings. The van der Waals surface area contributed by atoms with E-state index >= 15 is 0 Å². The predicted octanol–water partition coefficient (Wildman–Crippen LogP) is 12.5. The van der Waals surface area contributed by atoms with Crippen LogP contribution in [-0.2, 0) is 35.9 Å². The second-order valence-electron chi connectivity index (χ2n) is 14.6. The van der Waals surface area contributed by atoms with Crippen LogP contribution in [0.5, 0.6) is 0 Å². The zero-order valence-corrected chi connectivity index (χ0v) is 36.4. The number of benzene rings is 6. The highest BCUT2D eigenvalue weighted by Gasteiger charge is 2.44. The van der Waals surface area contributed by atoms with Gasteiger partial charge in [0.1, 0.15) is 16.7 Å². The van der Waals surface area contributed by atoms with Crippen LogP contribution in [0.3, 0.4) is 0 Å². The second kappa shape index (κ2) is 21.5. The lowest BCUT2D eigenvalue weighted by molar-refractivity contribution is -0.119. The van der Waals surface area contributed by atoms with Gasteiger partial charge in [0.15, 0.2) is 24.8 Å². The molecule has 1 atom stereocenters. The van der Waals surface area contributed by atoms with Gasteiger partial charge in [0.25, 0.3) is 0 Å². The van der Waals surface area contributed by atoms with E-state index in [1.807, 2.05) is 11.8 Å². The number of thioether (sulfide) groups is 1. The standard InChI is InChI=1S/C30H21S.C13H22OS.2CHF3O3S/c1-4-16-25-22(10-1)13-7-19-28(25)31(29-20-8-14-23-11-2-5-17-26(23)29)30-21-9-15-24-12-3-6-18-27(24)30;14-12-8-4-5-9-13(12)15-10-11-6-2-1-3-7-11;2*2-1(3,4)8(5,6)7/h1-21H;11,13H,1-10H2;2*(H,5,6,7)/q+1;;;/p-1. The van der Waals surface area contributed by atoms with Crippen molar-refractivity contribution in [3.8, 4) is 0 Å². The molecule has 62 heavy (non-hydrogen) atoms. The third-order valence-corrected chi connectivity index (χ3v) is 15.3. The number of hydrogen-bond acceptors (Lipinski definition) is 7. The van der Waals surface area contributed by atoms with Gasteiger partial charge in [-0.05, 0) is 89.9 Å². The van der Waals surface area contributed by atoms with Crippen molar-refractivity contribution in [1.29, 1.82) is 0 Å². The fourth-order valence-corrected chi connectivity index (χ4v) is 11.3. The fourth-order valence-electron chi connectivity index (χ4n) is 7.21. The molecule has 8 rings (SSSR count). The van der Waals surface area contributed by atoms with Gasteiger partial charge in [-0.15, -0.1) is 0 Å². The minimum atomic E-state index is -6.09. The molecule has 1 unspecified atom stereocenters. The highest BCUT2D eigenvalue weighted by atomic mass is 32.2. The smallest absolute Gasteiger partial charge is 0.522 e. The third kappa shape index (κ3) is 13.2. The minimum Gasteiger partial charge on any atom is -0.741 e. The molecular weight excluding hydrogens is 895 g/mol. The van der Waals surface area contributed by atoms with Crippen molar-refractivity contribution >= 4 is 81.0 Å². The van der Waals surface area contributed by atoms with Crippen LogP contribution >= 0.6 is 11.8 Å². The fraction of sp³-hybridized carbons (Fsp3) is 0.311. The molecule has 0 aromatic heterocycles. The Bertz CT molecular complexity index is 2420. The summed E-state index contributed by atoms with van der Waals surface area (Å²) in [6, 6.07) is 46.5. The summed E-state index contributed by atoms with van der Waals surface area (Å²) >= 11 is 1.96. The first-order chi connectivity index (χ1) is 29.3. The molecule has 0 aliphatic heterocycles. The van der Waals surface area contributed by atoms with Crippen LogP contribution in [0.2, 0.25) is 0 Å². The molecule has 0 bridgehead atoms. The first kappa shape index (κ1) is 48.9. The van der Waals surface area contributed by atoms with Crippen molar-refractivity contribution in [2.75, 3.05) is 5.75 Å². The summed E-state index contributed by atoms with van der Waals surface area (Å²) in [4.78, 5) is 15.8. The molecule has 332 valence electrons. The van der Waals surface area contributed by atoms with Crippen molar-refractivity contribution in [3.63, 3.8) is 0 Å². The van der Waals surface area contributed by atoms with Gasteiger partial charge in [0.2, 0.25) is 0 Å². The maximum atomic E-state index is 11.6. The molecule has 0 saturated heterocycles. The van der Waals surface area contributed by atoms with E-state index < -0.39 is 31.3 Å². The molecule has 1 N–H and O–H groups in total. The number of alkyl halides is 6. The Labute approximate surface area is 364 Å². The Morgan fingerprint density at radius 2 is 0.919 bits per heavy atom. The molecule has 0 amide bonds. The number of hydrogen-bond donors (Lipinski definition) is 1. The van der Waals surface area contributed by atoms with Crippen molar-refractivity contribution in [3.05, 3.63) is 127 Å². The normalized spacial score (nSPS) is 16.5. The summed E-state index contributed by atoms with van der Waals surface area (Å²) in [6.07, 6.45) is 11.5. The number of ketones is 1. The molecule has 0 spiro atoms. The average Bonchev–Trinajstić information content (AvgIpc) is 3.23. The predicted molar refractivity (Wildman–Crippen MR) is 234 cm³/mol. The number of Topliss-reactive ketones (excluding diaryl/α,β-unsaturated/α-hetero) is 1. The zero-order valence-electron chi connectivity index (χ0n) is 33.1. The number of carbonyl (C=O) groups is 1. The van der Waals surface area contributed by atoms with Gasteiger partial charge in [-0.25, -0.2) is 8.42 Å². The number of fused-ring (bicyclic) bond motifs is 3. The summed E-state index contributed by atoms with van der Waals surface area (Å²) in [7, 11) is -12.2. The van der Waals surface area contributed by atoms with Crippen LogP contribution in [0.15, 0.2) is 142 Å². The van der Waals surface area contributed by atoms with Crippen LogP contribution in [0.1, 0.15) is 57.8 Å². The van der Waals surface area contributed by atoms with Crippen LogP contribution in [0.4, 0.5) is 26.3 Å². The molecule has 2 aliphatic carbocycles. The summed E-state index contributed by atoms with van der Waals surface area (Å²) in [5.41, 5.74) is -11.2. The molecule has 2 aliphatic rings. The molecule has 0 heterocycles. The first-order valence-corrected chi connectivity index (χ1v) is 24.8. The van der Waals surface area contributed by atoms with Crippen LogP contribution in [0, 0.1) is 5.92 Å². The van der Waals surface area contributed by atoms with E-state index in [9.17, 15) is 31.1 Å². The number of carbonyl (C=O) groups excluding carboxylic acids is 1. The maximum Gasteiger partial charge on any atom is 0.522 e. The lowest BCUT2D eigenvalue weighted by Gasteiger charge is -2.25. The highest BCUT2D eigenvalue weighted by Crippen LogP contribution is 2.41. The molecule has 17 heteroatoms. The topological polar surface area (TPSA) is 129 Å². The monoisotopic (exact) mass is 938 g/mol. The first-order valence-electron chi connectivity index (χ1n) is 19.6. The average molecular weight is 939 g/mol. The lowest BCUT2D eigenvalue weighted by Crippen LogP contribution is -2.23. The number of halogens is 6. The Kier molecular flexibility index (Phi) is 17.0. The van der Waals surface area contributed by atoms with Crippen LogP contribution in [0.25, 0.3) is 32.3 Å². The molecule has 6 aromatic carbocycles. The molecule has 6 aromatic rings. The van der Waals surface area contributed by atoms with Crippen molar-refractivity contribution in [2.24, 2.45) is 5.92 Å². The van der Waals surface area contributed by atoms with Crippen molar-refractivity contribution in [2.45, 2.75) is 88.7 Å². The van der Waals surface area contributed by atoms with Crippen molar-refractivity contribution < 1.29 is 57.1 Å². The van der Waals surface area contributed by atoms with E-state index in [0.29, 0.717) is 11.0 Å². The number of rotatable bonds is 6. The van der Waals surface area contributed by atoms with E-state index in [2.05, 4.69) is 127 Å². The molecule has 2 saturated carbocycles. The van der Waals surface area contributed by atoms with Gasteiger partial charge in [0, 0.05) is 22.6 Å². The Morgan fingerprint density at radius 3 is 1.27 bits per heavy atom. The van der Waals surface area contributed by atoms with Gasteiger partial charge in [0.05, 0.1) is 5.25 Å². The van der Waals surface area contributed by atoms with Gasteiger partial charge in [-0.2, -0.15) is 46.5 Å². The van der Waals surface area contributed by atoms with Gasteiger partial charge >= 0.3 is 21.1 Å². The quantitative estimate of drug-likeness (QED) is 0.0756. The Balaban J connectivity index is 0.000000194. The van der Waals surface area contributed by atoms with E-state index in [-0.39, 0.29) is 10.9 Å². The summed E-state index contributed by atoms with van der Waals surface area (Å²) in [5.74, 6) is 2.69. The molecule has 7 nitrogen and oxygen atoms in total. The molecular formula is C45H44F6O7S4. The van der Waals surface area contributed by atoms with Gasteiger partial charge in [-0.3, -0.25) is 9.35 Å². The van der Waals surface area contributed by atoms with E-state index in [0.717, 1.165) is 25.2 Å². The van der Waals surface area contributed by atoms with Crippen molar-refractivity contribution in [1.82, 2.24) is 0 Å². The SMILES string of the molecule is O=C1CCCCC1SCC1CCCCC1.O=S(=O)(O)C(F)(F)F.O=S(=O)([O-])C(F)(F)F.c1ccc2c([S+](c3cccc4ccccc34)c3cccc4ccccc34)cccc2c1. The van der Waals surface area contributed by atoms with Gasteiger partial charge in [-0.1, -0.05) is 117 Å². The van der Waals surface area contributed by atoms with Crippen LogP contribution in [-0.4, -0.2) is 53.7 Å². The Morgan fingerprint density at radius 1 is 0.565 bits per heavy atom. The lowest BCUT2D eigenvalue weighted by atomic mass is 9.91. The van der Waals surface area contributed by atoms with E-state index in [1.165, 1.54) is 91.3 Å². The zero-order chi connectivity index (χ0) is 45.1. The summed E-state index contributed by atoms with van der Waals surface area (Å²) in [6.45, 7) is 0. The van der Waals surface area contributed by atoms with Gasteiger partial charge < -0.3 is 4.55 Å². The van der Waals surface area contributed by atoms with Crippen LogP contribution < -0.4 is 0 Å². The molecule has 0 radical (unpaired) electrons. The minimum absolute atomic E-state index is 0.238. The highest BCUT2D eigenvalue weighted by molar-refractivity contribution is 8.00. The summed E-state index contributed by atoms with van der Waals surface area (Å²) in [5, 5.41) is 8.22. The van der Waals surface area contributed by atoms with E-state index in [1.54, 1.807) is 0 Å². The summed E-state index contributed by atoms with van der Waals surface area (Å²) < 4.78 is 116. The van der Waals surface area contributed by atoms with E-state index in [4.69, 9.17) is 25.9 Å². The second-order valence-corrected chi connectivity index (χ2v) is 20.5. The third-order valence-electron chi connectivity index (χ3n) is 10.2. The maximum absolute atomic E-state index is 11.6. The Hall–Kier alpha value is -4.13.